The quantitative estimate of drug-likeness (QED) is 0.300. The molecule has 3 rings (SSSR count). The molecule has 0 aliphatic carbocycles. The van der Waals surface area contributed by atoms with Crippen molar-refractivity contribution in [2.45, 2.75) is 39.5 Å². The van der Waals surface area contributed by atoms with Gasteiger partial charge in [-0.3, -0.25) is 10.2 Å². The number of carboxylic acid groups (broad SMARTS) is 2. The second kappa shape index (κ2) is 11.1. The van der Waals surface area contributed by atoms with E-state index in [-0.39, 0.29) is 0 Å². The average molecular weight is 416 g/mol. The predicted octanol–water partition coefficient (Wildman–Crippen LogP) is 2.07. The van der Waals surface area contributed by atoms with Crippen LogP contribution in [0.25, 0.3) is 0 Å². The van der Waals surface area contributed by atoms with Crippen molar-refractivity contribution in [3.63, 3.8) is 0 Å². The van der Waals surface area contributed by atoms with Gasteiger partial charge in [-0.15, -0.1) is 0 Å². The summed E-state index contributed by atoms with van der Waals surface area (Å²) in [6.07, 6.45) is 5.94. The van der Waals surface area contributed by atoms with Crippen LogP contribution in [0.15, 0.2) is 30.4 Å². The second-order valence-corrected chi connectivity index (χ2v) is 7.47. The third-order valence-electron chi connectivity index (χ3n) is 5.06. The van der Waals surface area contributed by atoms with Crippen molar-refractivity contribution >= 4 is 29.4 Å². The number of likely N-dealkylation sites (tertiary alicyclic amines) is 2. The van der Waals surface area contributed by atoms with E-state index >= 15 is 0 Å². The van der Waals surface area contributed by atoms with E-state index in [0.29, 0.717) is 12.2 Å². The molecular weight excluding hydrogens is 384 g/mol. The molecule has 0 radical (unpaired) electrons. The van der Waals surface area contributed by atoms with Gasteiger partial charge in [0.1, 0.15) is 0 Å². The fourth-order valence-electron chi connectivity index (χ4n) is 3.43. The number of rotatable bonds is 3. The number of aliphatic carboxylic acids is 2. The molecule has 30 heavy (non-hydrogen) atoms. The molecule has 1 aromatic rings. The molecule has 8 heteroatoms. The number of nitrogens with zero attached hydrogens (tertiary/aromatic N) is 3. The molecule has 162 valence electrons. The van der Waals surface area contributed by atoms with E-state index in [9.17, 15) is 9.59 Å². The van der Waals surface area contributed by atoms with Crippen LogP contribution in [0.3, 0.4) is 0 Å². The topological polar surface area (TPSA) is 107 Å². The molecule has 0 amide bonds. The summed E-state index contributed by atoms with van der Waals surface area (Å²) in [5, 5.41) is 19.3. The van der Waals surface area contributed by atoms with Crippen LogP contribution in [-0.4, -0.2) is 70.4 Å². The number of guanidine groups is 1. The smallest absolute Gasteiger partial charge is 0.401 e. The summed E-state index contributed by atoms with van der Waals surface area (Å²) >= 11 is 0. The number of carbonyl (C=O) groups is 2. The van der Waals surface area contributed by atoms with Crippen molar-refractivity contribution in [1.29, 1.82) is 0 Å². The molecule has 2 saturated heterocycles. The molecule has 0 spiro atoms. The summed E-state index contributed by atoms with van der Waals surface area (Å²) in [5.74, 6) is -0.279. The van der Waals surface area contributed by atoms with E-state index in [4.69, 9.17) is 14.9 Å². The van der Waals surface area contributed by atoms with Crippen LogP contribution >= 0.6 is 0 Å². The van der Waals surface area contributed by atoms with Gasteiger partial charge < -0.3 is 15.1 Å². The molecule has 2 heterocycles. The monoisotopic (exact) mass is 415 g/mol. The average Bonchev–Trinajstić information content (AvgIpc) is 3.35. The molecule has 3 N–H and O–H groups in total. The zero-order valence-corrected chi connectivity index (χ0v) is 17.9. The minimum atomic E-state index is -1.26. The normalized spacial score (nSPS) is 15.6. The molecule has 0 atom stereocenters. The van der Waals surface area contributed by atoms with Crippen LogP contribution in [0.1, 0.15) is 36.8 Å². The van der Waals surface area contributed by atoms with Crippen LogP contribution in [0.2, 0.25) is 0 Å². The van der Waals surface area contributed by atoms with Gasteiger partial charge in [0, 0.05) is 25.6 Å². The Morgan fingerprint density at radius 1 is 1.00 bits per heavy atom. The van der Waals surface area contributed by atoms with E-state index in [1.807, 2.05) is 0 Å². The van der Waals surface area contributed by atoms with Crippen LogP contribution < -0.4 is 9.98 Å². The summed E-state index contributed by atoms with van der Waals surface area (Å²) in [6.45, 7) is 7.65. The number of aryl methyl sites for hydroxylation is 2. The number of amidine groups is 1. The molecule has 2 aliphatic rings. The standard InChI is InChI=1S/C18H26N4.C4H4O4/c1-14-8-6-9-15(2)17(14)20-18(22-12-4-5-13-22)19-16-10-7-11-21(16)3;5-3(6)1-2-4(7)8/h6,8-9H,4-5,7,10-13H2,1-3H3;1-2H,(H,5,6)(H,7,8)/p+1/b;2-1+. The van der Waals surface area contributed by atoms with E-state index < -0.39 is 11.9 Å². The molecule has 0 bridgehead atoms. The fourth-order valence-corrected chi connectivity index (χ4v) is 3.43. The number of hydrogen-bond acceptors (Lipinski definition) is 2. The molecule has 8 nitrogen and oxygen atoms in total. The Bertz CT molecular complexity index is 830. The van der Waals surface area contributed by atoms with Crippen molar-refractivity contribution in [3.8, 4) is 0 Å². The Kier molecular flexibility index (Phi) is 8.50. The van der Waals surface area contributed by atoms with Crippen molar-refractivity contribution in [1.82, 2.24) is 14.5 Å². The number of nitrogens with one attached hydrogen (secondary N) is 1. The molecular formula is C22H31N4O4+. The van der Waals surface area contributed by atoms with Crippen molar-refractivity contribution in [3.05, 3.63) is 41.5 Å². The number of benzene rings is 1. The second-order valence-electron chi connectivity index (χ2n) is 7.47. The van der Waals surface area contributed by atoms with Gasteiger partial charge in [-0.1, -0.05) is 18.2 Å². The van der Waals surface area contributed by atoms with E-state index in [1.165, 1.54) is 41.9 Å². The summed E-state index contributed by atoms with van der Waals surface area (Å²) in [7, 11) is 2.15. The van der Waals surface area contributed by atoms with E-state index in [0.717, 1.165) is 32.0 Å². The predicted molar refractivity (Wildman–Crippen MR) is 119 cm³/mol. The molecule has 2 fully saturated rings. The summed E-state index contributed by atoms with van der Waals surface area (Å²) < 4.78 is 4.99. The number of anilines is 1. The zero-order chi connectivity index (χ0) is 22.1. The first-order chi connectivity index (χ1) is 14.3. The number of hydrogen-bond donors (Lipinski definition) is 3. The lowest BCUT2D eigenvalue weighted by Crippen LogP contribution is -2.38. The Morgan fingerprint density at radius 3 is 2.03 bits per heavy atom. The third-order valence-corrected chi connectivity index (χ3v) is 5.06. The Morgan fingerprint density at radius 2 is 1.57 bits per heavy atom. The molecule has 0 aromatic heterocycles. The van der Waals surface area contributed by atoms with E-state index in [2.05, 4.69) is 54.2 Å². The zero-order valence-electron chi connectivity index (χ0n) is 17.9. The van der Waals surface area contributed by atoms with Gasteiger partial charge in [0.2, 0.25) is 0 Å². The molecule has 0 unspecified atom stereocenters. The first-order valence-electron chi connectivity index (χ1n) is 10.2. The van der Waals surface area contributed by atoms with Gasteiger partial charge in [0.15, 0.2) is 0 Å². The minimum absolute atomic E-state index is 0.558. The van der Waals surface area contributed by atoms with Gasteiger partial charge in [-0.2, -0.15) is 0 Å². The highest BCUT2D eigenvalue weighted by molar-refractivity contribution is 5.98. The van der Waals surface area contributed by atoms with Crippen LogP contribution in [-0.2, 0) is 9.59 Å². The lowest BCUT2D eigenvalue weighted by atomic mass is 10.1. The first kappa shape index (κ1) is 23.0. The molecule has 0 saturated carbocycles. The third kappa shape index (κ3) is 6.97. The number of para-hydroxylation sites is 1. The highest BCUT2D eigenvalue weighted by Crippen LogP contribution is 2.20. The van der Waals surface area contributed by atoms with Crippen LogP contribution in [0, 0.1) is 13.8 Å². The maximum atomic E-state index is 9.55. The van der Waals surface area contributed by atoms with Crippen molar-refractivity contribution in [2.75, 3.05) is 32.0 Å². The van der Waals surface area contributed by atoms with E-state index in [1.54, 1.807) is 0 Å². The molecule has 1 aromatic carbocycles. The maximum absolute atomic E-state index is 9.55. The maximum Gasteiger partial charge on any atom is 0.401 e. The largest absolute Gasteiger partial charge is 0.478 e. The summed E-state index contributed by atoms with van der Waals surface area (Å²) in [6, 6.07) is 6.43. The van der Waals surface area contributed by atoms with Gasteiger partial charge in [0.05, 0.1) is 25.3 Å². The van der Waals surface area contributed by atoms with Gasteiger partial charge in [-0.05, 0) is 44.2 Å². The summed E-state index contributed by atoms with van der Waals surface area (Å²) in [5.41, 5.74) is 3.75. The SMILES string of the molecule is Cc1cccc(C)c1NC(=[N+]=C1CCCN1C)N1CCCC1.O=C(O)/C=C/C(=O)O. The lowest BCUT2D eigenvalue weighted by Gasteiger charge is -2.15. The highest BCUT2D eigenvalue weighted by Gasteiger charge is 2.26. The molecule has 2 aliphatic heterocycles. The Hall–Kier alpha value is -3.25. The number of carboxylic acids is 2. The first-order valence-corrected chi connectivity index (χ1v) is 10.2. The van der Waals surface area contributed by atoms with Crippen LogP contribution in [0.5, 0.6) is 0 Å². The Balaban J connectivity index is 0.000000343. The minimum Gasteiger partial charge on any atom is -0.478 e. The van der Waals surface area contributed by atoms with Gasteiger partial charge in [-0.25, -0.2) is 14.3 Å². The van der Waals surface area contributed by atoms with Crippen LogP contribution in [0.4, 0.5) is 5.69 Å². The van der Waals surface area contributed by atoms with Crippen molar-refractivity contribution < 1.29 is 19.8 Å². The van der Waals surface area contributed by atoms with Crippen molar-refractivity contribution in [2.24, 2.45) is 0 Å². The van der Waals surface area contributed by atoms with Gasteiger partial charge in [0.25, 0.3) is 5.84 Å². The van der Waals surface area contributed by atoms with Gasteiger partial charge >= 0.3 is 17.9 Å². The lowest BCUT2D eigenvalue weighted by molar-refractivity contribution is -0.134. The fraction of sp³-hybridized carbons (Fsp3) is 0.455. The Labute approximate surface area is 177 Å². The summed E-state index contributed by atoms with van der Waals surface area (Å²) in [4.78, 5) is 23.8. The highest BCUT2D eigenvalue weighted by atomic mass is 16.4.